The van der Waals surface area contributed by atoms with Crippen molar-refractivity contribution in [1.29, 1.82) is 5.26 Å². The van der Waals surface area contributed by atoms with Crippen LogP contribution >= 0.6 is 23.2 Å². The first-order valence-electron chi connectivity index (χ1n) is 12.9. The minimum atomic E-state index is -3.76. The summed E-state index contributed by atoms with van der Waals surface area (Å²) >= 11 is 12.8. The van der Waals surface area contributed by atoms with Gasteiger partial charge in [0, 0.05) is 55.1 Å². The number of anilines is 1. The average molecular weight is 610 g/mol. The zero-order chi connectivity index (χ0) is 29.4. The number of nitrogens with one attached hydrogen (secondary N) is 2. The highest BCUT2D eigenvalue weighted by Crippen LogP contribution is 2.40. The van der Waals surface area contributed by atoms with Gasteiger partial charge in [-0.1, -0.05) is 77.3 Å². The van der Waals surface area contributed by atoms with Crippen molar-refractivity contribution in [2.45, 2.75) is 11.8 Å². The van der Waals surface area contributed by atoms with Gasteiger partial charge in [-0.3, -0.25) is 4.72 Å². The number of nitriles is 1. The Morgan fingerprint density at radius 1 is 0.857 bits per heavy atom. The average Bonchev–Trinajstić information content (AvgIpc) is 3.41. The van der Waals surface area contributed by atoms with Gasteiger partial charge in [0.1, 0.15) is 6.07 Å². The van der Waals surface area contributed by atoms with Crippen LogP contribution in [0.1, 0.15) is 11.1 Å². The molecule has 42 heavy (non-hydrogen) atoms. The summed E-state index contributed by atoms with van der Waals surface area (Å²) in [5.74, 6) is 0. The first-order valence-corrected chi connectivity index (χ1v) is 15.1. The van der Waals surface area contributed by atoms with Crippen LogP contribution in [-0.2, 0) is 10.0 Å². The molecule has 2 aromatic heterocycles. The number of fused-ring (bicyclic) bond motifs is 1. The van der Waals surface area contributed by atoms with Crippen LogP contribution in [0.2, 0.25) is 10.0 Å². The highest BCUT2D eigenvalue weighted by Gasteiger charge is 2.21. The normalized spacial score (nSPS) is 11.4. The lowest BCUT2D eigenvalue weighted by atomic mass is 9.94. The molecule has 6 aromatic rings. The summed E-state index contributed by atoms with van der Waals surface area (Å²) in [5.41, 5.74) is 6.50. The van der Waals surface area contributed by atoms with Gasteiger partial charge in [0.05, 0.1) is 21.8 Å². The van der Waals surface area contributed by atoms with Crippen molar-refractivity contribution in [3.63, 3.8) is 0 Å². The molecule has 0 amide bonds. The van der Waals surface area contributed by atoms with Gasteiger partial charge in [0.25, 0.3) is 10.0 Å². The van der Waals surface area contributed by atoms with Crippen LogP contribution in [0, 0.1) is 18.3 Å². The molecule has 0 unspecified atom stereocenters. The molecule has 0 saturated heterocycles. The Kier molecular flexibility index (Phi) is 7.21. The van der Waals surface area contributed by atoms with Gasteiger partial charge in [-0.15, -0.1) is 0 Å². The van der Waals surface area contributed by atoms with Gasteiger partial charge >= 0.3 is 0 Å². The van der Waals surface area contributed by atoms with E-state index < -0.39 is 10.0 Å². The van der Waals surface area contributed by atoms with E-state index in [0.717, 1.165) is 27.6 Å². The molecule has 0 saturated carbocycles. The lowest BCUT2D eigenvalue weighted by Gasteiger charge is -2.14. The minimum Gasteiger partial charge on any atom is -0.360 e. The van der Waals surface area contributed by atoms with Crippen molar-refractivity contribution in [3.05, 3.63) is 124 Å². The molecule has 0 bridgehead atoms. The van der Waals surface area contributed by atoms with Crippen LogP contribution in [-0.4, -0.2) is 18.4 Å². The molecule has 0 atom stereocenters. The summed E-state index contributed by atoms with van der Waals surface area (Å²) in [4.78, 5) is 8.39. The minimum absolute atomic E-state index is 0.179. The van der Waals surface area contributed by atoms with Crippen molar-refractivity contribution in [1.82, 2.24) is 9.97 Å². The number of rotatable bonds is 6. The van der Waals surface area contributed by atoms with Crippen LogP contribution in [0.4, 0.5) is 5.69 Å². The molecule has 0 spiro atoms. The van der Waals surface area contributed by atoms with E-state index in [2.05, 4.69) is 15.8 Å². The largest absolute Gasteiger partial charge is 0.360 e. The Balaban J connectivity index is 1.47. The number of aromatic amines is 1. The summed E-state index contributed by atoms with van der Waals surface area (Å²) < 4.78 is 28.4. The molecule has 0 radical (unpaired) electrons. The number of sulfonamides is 1. The van der Waals surface area contributed by atoms with Gasteiger partial charge in [-0.2, -0.15) is 5.26 Å². The Morgan fingerprint density at radius 2 is 1.60 bits per heavy atom. The molecule has 6 nitrogen and oxygen atoms in total. The van der Waals surface area contributed by atoms with Crippen molar-refractivity contribution < 1.29 is 8.42 Å². The molecule has 9 heteroatoms. The molecule has 0 aliphatic rings. The van der Waals surface area contributed by atoms with Crippen molar-refractivity contribution in [2.75, 3.05) is 4.72 Å². The summed E-state index contributed by atoms with van der Waals surface area (Å²) in [6.45, 7) is 1.90. The summed E-state index contributed by atoms with van der Waals surface area (Å²) in [6, 6.07) is 30.7. The standard InChI is InChI=1S/C33H22Cl2N4O2S/c1-20-6-13-24(14-7-20)42(40,41)39-23-11-8-21(9-12-23)32-17-27(25-15-10-22(34)16-30(25)35)28(18-36)33(38-32)29-19-37-31-5-3-2-4-26(29)31/h2-17,19,37,39H,1H3. The number of H-pyrrole nitrogens is 1. The van der Waals surface area contributed by atoms with Gasteiger partial charge < -0.3 is 4.98 Å². The first-order chi connectivity index (χ1) is 20.2. The molecule has 206 valence electrons. The monoisotopic (exact) mass is 608 g/mol. The number of nitrogens with zero attached hydrogens (tertiary/aromatic N) is 2. The molecule has 2 N–H and O–H groups in total. The second kappa shape index (κ2) is 11.0. The fourth-order valence-electron chi connectivity index (χ4n) is 4.83. The van der Waals surface area contributed by atoms with Gasteiger partial charge in [0.15, 0.2) is 0 Å². The van der Waals surface area contributed by atoms with Crippen LogP contribution in [0.3, 0.4) is 0 Å². The van der Waals surface area contributed by atoms with E-state index in [4.69, 9.17) is 28.2 Å². The molecule has 0 fully saturated rings. The summed E-state index contributed by atoms with van der Waals surface area (Å²) in [7, 11) is -3.76. The SMILES string of the molecule is Cc1ccc(S(=O)(=O)Nc2ccc(-c3cc(-c4ccc(Cl)cc4Cl)c(C#N)c(-c4c[nH]c5ccccc45)n3)cc2)cc1. The molecule has 4 aromatic carbocycles. The van der Waals surface area contributed by atoms with E-state index in [0.29, 0.717) is 43.8 Å². The predicted octanol–water partition coefficient (Wildman–Crippen LogP) is 8.85. The third kappa shape index (κ3) is 5.24. The number of aromatic nitrogens is 2. The van der Waals surface area contributed by atoms with E-state index in [9.17, 15) is 13.7 Å². The molecule has 0 aliphatic heterocycles. The lowest BCUT2D eigenvalue weighted by molar-refractivity contribution is 0.601. The number of hydrogen-bond acceptors (Lipinski definition) is 4. The lowest BCUT2D eigenvalue weighted by Crippen LogP contribution is -2.12. The van der Waals surface area contributed by atoms with Crippen LogP contribution in [0.5, 0.6) is 0 Å². The van der Waals surface area contributed by atoms with Crippen molar-refractivity contribution >= 4 is 49.8 Å². The molecule has 6 rings (SSSR count). The Hall–Kier alpha value is -4.61. The maximum atomic E-state index is 12.9. The summed E-state index contributed by atoms with van der Waals surface area (Å²) in [6.07, 6.45) is 1.84. The maximum absolute atomic E-state index is 12.9. The highest BCUT2D eigenvalue weighted by atomic mass is 35.5. The third-order valence-electron chi connectivity index (χ3n) is 6.96. The Morgan fingerprint density at radius 3 is 2.31 bits per heavy atom. The van der Waals surface area contributed by atoms with E-state index in [1.165, 1.54) is 0 Å². The molecular formula is C33H22Cl2N4O2S. The smallest absolute Gasteiger partial charge is 0.261 e. The third-order valence-corrected chi connectivity index (χ3v) is 8.91. The first kappa shape index (κ1) is 27.6. The number of hydrogen-bond donors (Lipinski definition) is 2. The van der Waals surface area contributed by atoms with Crippen molar-refractivity contribution in [3.8, 4) is 39.7 Å². The van der Waals surface area contributed by atoms with E-state index in [-0.39, 0.29) is 4.90 Å². The predicted molar refractivity (Wildman–Crippen MR) is 169 cm³/mol. The topological polar surface area (TPSA) is 98.6 Å². The zero-order valence-corrected chi connectivity index (χ0v) is 24.5. The zero-order valence-electron chi connectivity index (χ0n) is 22.2. The van der Waals surface area contributed by atoms with E-state index >= 15 is 0 Å². The molecule has 2 heterocycles. The van der Waals surface area contributed by atoms with E-state index in [1.807, 2.05) is 43.5 Å². The highest BCUT2D eigenvalue weighted by molar-refractivity contribution is 7.92. The Bertz CT molecular complexity index is 2120. The van der Waals surface area contributed by atoms with Crippen LogP contribution < -0.4 is 4.72 Å². The quantitative estimate of drug-likeness (QED) is 0.197. The van der Waals surface area contributed by atoms with Crippen molar-refractivity contribution in [2.24, 2.45) is 0 Å². The van der Waals surface area contributed by atoms with E-state index in [1.54, 1.807) is 66.7 Å². The number of pyridine rings is 1. The number of benzene rings is 4. The second-order valence-corrected chi connectivity index (χ2v) is 12.3. The fourth-order valence-corrected chi connectivity index (χ4v) is 6.40. The fraction of sp³-hybridized carbons (Fsp3) is 0.0303. The van der Waals surface area contributed by atoms with Gasteiger partial charge in [0.2, 0.25) is 0 Å². The van der Waals surface area contributed by atoms with Crippen LogP contribution in [0.25, 0.3) is 44.5 Å². The number of para-hydroxylation sites is 1. The Labute approximate surface area is 253 Å². The summed E-state index contributed by atoms with van der Waals surface area (Å²) in [5, 5.41) is 12.2. The van der Waals surface area contributed by atoms with Gasteiger partial charge in [-0.05, 0) is 55.5 Å². The maximum Gasteiger partial charge on any atom is 0.261 e. The van der Waals surface area contributed by atoms with Crippen LogP contribution in [0.15, 0.2) is 108 Å². The second-order valence-electron chi connectivity index (χ2n) is 9.76. The molecule has 0 aliphatic carbocycles. The van der Waals surface area contributed by atoms with Gasteiger partial charge in [-0.25, -0.2) is 13.4 Å². The number of halogens is 2. The molecular weight excluding hydrogens is 587 g/mol. The number of aryl methyl sites for hydroxylation is 1.